The van der Waals surface area contributed by atoms with Crippen molar-refractivity contribution in [2.75, 3.05) is 33.0 Å². The number of carbonyl (C=O) groups is 1. The van der Waals surface area contributed by atoms with Crippen LogP contribution in [0, 0.1) is 56.2 Å². The number of aliphatic hydroxyl groups is 18. The molecule has 5 aliphatic carbocycles. The number of carbonyl (C=O) groups excluding carboxylic acids is 1. The van der Waals surface area contributed by atoms with E-state index in [9.17, 15) is 91.9 Å². The third-order valence-corrected chi connectivity index (χ3v) is 25.9. The van der Waals surface area contributed by atoms with Crippen molar-refractivity contribution in [2.24, 2.45) is 56.2 Å². The molecule has 11 fully saturated rings. The first-order valence-electron chi connectivity index (χ1n) is 34.4. The molecule has 31 nitrogen and oxygen atoms in total. The molecule has 5 saturated carbocycles. The van der Waals surface area contributed by atoms with Crippen LogP contribution in [0.5, 0.6) is 0 Å². The second kappa shape index (κ2) is 28.4. The summed E-state index contributed by atoms with van der Waals surface area (Å²) in [5.74, 6) is -0.846. The van der Waals surface area contributed by atoms with Crippen LogP contribution in [0.25, 0.3) is 0 Å². The number of hydrogen-bond donors (Lipinski definition) is 18. The van der Waals surface area contributed by atoms with Gasteiger partial charge in [0.25, 0.3) is 0 Å². The smallest absolute Gasteiger partial charge is 0.314 e. The molecule has 96 heavy (non-hydrogen) atoms. The Kier molecular flexibility index (Phi) is 22.3. The summed E-state index contributed by atoms with van der Waals surface area (Å²) < 4.78 is 72.3. The molecule has 6 aliphatic heterocycles. The molecule has 0 radical (unpaired) electrons. The summed E-state index contributed by atoms with van der Waals surface area (Å²) in [5, 5.41) is 196. The third kappa shape index (κ3) is 12.9. The van der Waals surface area contributed by atoms with Crippen LogP contribution in [0.15, 0.2) is 0 Å². The van der Waals surface area contributed by atoms with Crippen LogP contribution in [0.1, 0.15) is 126 Å². The largest absolute Gasteiger partial charge is 0.432 e. The molecule has 0 aromatic rings. The highest BCUT2D eigenvalue weighted by Crippen LogP contribution is 2.77. The van der Waals surface area contributed by atoms with Gasteiger partial charge in [-0.1, -0.05) is 41.5 Å². The molecule has 0 aromatic heterocycles. The first-order chi connectivity index (χ1) is 45.1. The normalized spacial score (nSPS) is 56.0. The van der Waals surface area contributed by atoms with Gasteiger partial charge < -0.3 is 149 Å². The van der Waals surface area contributed by atoms with Gasteiger partial charge in [-0.15, -0.1) is 0 Å². The van der Waals surface area contributed by atoms with Crippen LogP contribution in [-0.4, -0.2) is 315 Å². The Balaban J connectivity index is 0.784. The van der Waals surface area contributed by atoms with Gasteiger partial charge in [-0.25, -0.2) is 0 Å². The first-order valence-corrected chi connectivity index (χ1v) is 34.4. The number of esters is 1. The lowest BCUT2D eigenvalue weighted by Gasteiger charge is -2.73. The molecule has 6 saturated heterocycles. The Labute approximate surface area is 557 Å². The molecular weight excluding hydrogens is 1280 g/mol. The van der Waals surface area contributed by atoms with Gasteiger partial charge in [0.1, 0.15) is 128 Å². The minimum atomic E-state index is -1.92. The summed E-state index contributed by atoms with van der Waals surface area (Å²) in [4.78, 5) is 15.4. The molecule has 18 N–H and O–H groups in total. The maximum absolute atomic E-state index is 15.4. The molecule has 0 amide bonds. The average molecular weight is 1390 g/mol. The zero-order valence-electron chi connectivity index (χ0n) is 55.8. The van der Waals surface area contributed by atoms with Crippen LogP contribution in [0.4, 0.5) is 0 Å². The van der Waals surface area contributed by atoms with Crippen LogP contribution in [0.2, 0.25) is 0 Å². The van der Waals surface area contributed by atoms with Crippen LogP contribution in [-0.2, 0) is 61.6 Å². The Morgan fingerprint density at radius 3 is 1.56 bits per heavy atom. The lowest BCUT2D eigenvalue weighted by atomic mass is 9.31. The van der Waals surface area contributed by atoms with Crippen LogP contribution >= 0.6 is 0 Å². The molecule has 0 aromatic carbocycles. The maximum Gasteiger partial charge on any atom is 0.314 e. The van der Waals surface area contributed by atoms with Gasteiger partial charge in [-0.05, 0) is 130 Å². The van der Waals surface area contributed by atoms with Gasteiger partial charge in [0.15, 0.2) is 31.5 Å². The van der Waals surface area contributed by atoms with E-state index in [-0.39, 0.29) is 51.9 Å². The van der Waals surface area contributed by atoms with E-state index in [2.05, 4.69) is 34.6 Å². The van der Waals surface area contributed by atoms with E-state index in [0.717, 1.165) is 19.3 Å². The van der Waals surface area contributed by atoms with Crippen LogP contribution < -0.4 is 0 Å². The van der Waals surface area contributed by atoms with Gasteiger partial charge in [-0.3, -0.25) is 4.79 Å². The lowest BCUT2D eigenvalue weighted by molar-refractivity contribution is -0.389. The summed E-state index contributed by atoms with van der Waals surface area (Å²) in [6.07, 6.45) is -41.5. The summed E-state index contributed by atoms with van der Waals surface area (Å²) in [6.45, 7) is 13.3. The van der Waals surface area contributed by atoms with Crippen molar-refractivity contribution in [3.63, 3.8) is 0 Å². The standard InChI is InChI=1S/C65H108O31/c1-25-36(70)40(74)45(79)54(87-25)94-51-31(21-67)90-53(49(83)44(51)78)86-23-32-39(73)43(77)48(82)57(91-32)96-59(84)65-17-15-60(3,4)19-28(65)27-9-10-34-61(5)13-12-35(62(6,24-68)33(61)11-14-64(34,8)63(27,7)16-18-65)92-58-52(95-55-46(80)41(75)37(71)26(2)88-55)50(29(69)22-85-58)93-56-47(81)42(76)38(72)30(20-66)89-56/h25-58,66-83H,9-24H2,1-8H3/t25-,26-,27+,28-,29-,30+,31+,32+,33+,34+,35-,36-,37-,38+,39+,40+,41+,42-,43-,44+,45+,46+,47+,48+,49+,50-,51+,52+,53+,54-,55-,56-,57-,58-,61-,62-,63+,64+,65-/m0/s1. The monoisotopic (exact) mass is 1380 g/mol. The fourth-order valence-corrected chi connectivity index (χ4v) is 19.8. The molecule has 31 heteroatoms. The second-order valence-electron chi connectivity index (χ2n) is 31.7. The van der Waals surface area contributed by atoms with E-state index in [1.54, 1.807) is 0 Å². The maximum atomic E-state index is 15.4. The van der Waals surface area contributed by atoms with Crippen molar-refractivity contribution < 1.29 is 154 Å². The van der Waals surface area contributed by atoms with Gasteiger partial charge >= 0.3 is 5.97 Å². The van der Waals surface area contributed by atoms with Gasteiger partial charge in [0.05, 0.1) is 56.8 Å². The predicted octanol–water partition coefficient (Wildman–Crippen LogP) is -4.64. The number of fused-ring (bicyclic) bond motifs is 7. The Bertz CT molecular complexity index is 2630. The summed E-state index contributed by atoms with van der Waals surface area (Å²) >= 11 is 0. The SMILES string of the molecule is C[C@@H]1O[C@@H](O[C@H]2[C@H](O[C@H]3CC[C@@]4(C)[C@@H](CC[C@]5(C)[C@@H]4CC[C@@H]4[C@@H]6CC(C)(C)CC[C@]6(C(=O)O[C@@H]6O[C@H](CO[C@@H]7O[C@H](CO)[C@@H](O[C@@H]8O[C@@H](C)[C@H](O)[C@@H](O)[C@H]8O)[C@H](O)[C@H]7O)[C@@H](O)[C@H](O)[C@H]6O)CC[C@]45C)[C@]3(C)CO)OC[C@H](O)[C@@H]2O[C@@H]2O[C@H](CO)[C@@H](O)[C@H](O)[C@H]2O)[C@H](O)[C@H](O)[C@H]1O. The summed E-state index contributed by atoms with van der Waals surface area (Å²) in [6, 6.07) is 0. The van der Waals surface area contributed by atoms with Crippen molar-refractivity contribution >= 4 is 5.97 Å². The number of ether oxygens (including phenoxy) is 12. The van der Waals surface area contributed by atoms with Crippen molar-refractivity contribution in [1.82, 2.24) is 0 Å². The number of aliphatic hydroxyl groups excluding tert-OH is 18. The molecule has 0 spiro atoms. The Hall–Kier alpha value is -1.69. The molecule has 6 heterocycles. The molecule has 0 bridgehead atoms. The lowest BCUT2D eigenvalue weighted by Crippen LogP contribution is -2.69. The zero-order chi connectivity index (χ0) is 70.0. The van der Waals surface area contributed by atoms with Crippen molar-refractivity contribution in [3.8, 4) is 0 Å². The van der Waals surface area contributed by atoms with Gasteiger partial charge in [-0.2, -0.15) is 0 Å². The van der Waals surface area contributed by atoms with E-state index in [1.807, 2.05) is 6.92 Å². The molecule has 554 valence electrons. The van der Waals surface area contributed by atoms with Crippen molar-refractivity contribution in [3.05, 3.63) is 0 Å². The molecule has 11 aliphatic rings. The predicted molar refractivity (Wildman–Crippen MR) is 321 cm³/mol. The Morgan fingerprint density at radius 1 is 0.438 bits per heavy atom. The van der Waals surface area contributed by atoms with E-state index < -0.39 is 227 Å². The second-order valence-corrected chi connectivity index (χ2v) is 31.7. The highest BCUT2D eigenvalue weighted by atomic mass is 16.8. The molecular formula is C65H108O31. The van der Waals surface area contributed by atoms with Crippen LogP contribution in [0.3, 0.4) is 0 Å². The third-order valence-electron chi connectivity index (χ3n) is 25.9. The van der Waals surface area contributed by atoms with Crippen molar-refractivity contribution in [2.45, 2.75) is 310 Å². The van der Waals surface area contributed by atoms with E-state index in [0.29, 0.717) is 51.4 Å². The molecule has 0 unspecified atom stereocenters. The van der Waals surface area contributed by atoms with Crippen molar-refractivity contribution in [1.29, 1.82) is 0 Å². The zero-order valence-corrected chi connectivity index (χ0v) is 55.8. The minimum Gasteiger partial charge on any atom is -0.432 e. The summed E-state index contributed by atoms with van der Waals surface area (Å²) in [7, 11) is 0. The first kappa shape index (κ1) is 75.5. The topological polar surface area (TPSA) is 492 Å². The highest BCUT2D eigenvalue weighted by molar-refractivity contribution is 5.78. The van der Waals surface area contributed by atoms with E-state index in [4.69, 9.17) is 56.8 Å². The fraction of sp³-hybridized carbons (Fsp3) is 0.985. The molecule has 11 rings (SSSR count). The quantitative estimate of drug-likeness (QED) is 0.0510. The molecule has 39 atom stereocenters. The minimum absolute atomic E-state index is 0.00987. The summed E-state index contributed by atoms with van der Waals surface area (Å²) in [5.41, 5.74) is -3.21. The average Bonchev–Trinajstić information content (AvgIpc) is 0.675. The van der Waals surface area contributed by atoms with E-state index >= 15 is 4.79 Å². The Morgan fingerprint density at radius 2 is 0.958 bits per heavy atom. The highest BCUT2D eigenvalue weighted by Gasteiger charge is 2.73. The fourth-order valence-electron chi connectivity index (χ4n) is 19.8. The number of hydrogen-bond acceptors (Lipinski definition) is 31. The van der Waals surface area contributed by atoms with Gasteiger partial charge in [0, 0.05) is 5.41 Å². The van der Waals surface area contributed by atoms with Gasteiger partial charge in [0.2, 0.25) is 6.29 Å². The number of rotatable bonds is 16. The van der Waals surface area contributed by atoms with E-state index in [1.165, 1.54) is 13.8 Å².